The van der Waals surface area contributed by atoms with Gasteiger partial charge < -0.3 is 19.7 Å². The van der Waals surface area contributed by atoms with Crippen LogP contribution in [-0.4, -0.2) is 40.7 Å². The summed E-state index contributed by atoms with van der Waals surface area (Å²) in [5.74, 6) is 0.0158. The molecular weight excluding hydrogens is 364 g/mol. The zero-order chi connectivity index (χ0) is 18.9. The molecule has 0 bridgehead atoms. The Morgan fingerprint density at radius 3 is 3.00 bits per heavy atom. The van der Waals surface area contributed by atoms with Gasteiger partial charge in [0.05, 0.1) is 24.8 Å². The number of carbonyl (C=O) groups is 1. The van der Waals surface area contributed by atoms with E-state index in [2.05, 4.69) is 16.8 Å². The minimum Gasteiger partial charge on any atom is -0.466 e. The van der Waals surface area contributed by atoms with Gasteiger partial charge in [0.1, 0.15) is 0 Å². The average Bonchev–Trinajstić information content (AvgIpc) is 3.17. The van der Waals surface area contributed by atoms with E-state index in [1.165, 1.54) is 23.8 Å². The van der Waals surface area contributed by atoms with Gasteiger partial charge in [0.15, 0.2) is 0 Å². The zero-order valence-corrected chi connectivity index (χ0v) is 16.2. The molecule has 1 aromatic carbocycles. The Labute approximate surface area is 162 Å². The van der Waals surface area contributed by atoms with Gasteiger partial charge in [-0.05, 0) is 48.4 Å². The van der Waals surface area contributed by atoms with Crippen LogP contribution >= 0.6 is 11.6 Å². The van der Waals surface area contributed by atoms with Gasteiger partial charge in [-0.25, -0.2) is 4.79 Å². The summed E-state index contributed by atoms with van der Waals surface area (Å²) >= 11 is 6.24. The van der Waals surface area contributed by atoms with E-state index in [9.17, 15) is 9.90 Å². The Morgan fingerprint density at radius 1 is 1.41 bits per heavy atom. The Kier molecular flexibility index (Phi) is 3.82. The third-order valence-electron chi connectivity index (χ3n) is 6.84. The van der Waals surface area contributed by atoms with E-state index in [0.29, 0.717) is 12.0 Å². The molecule has 1 fully saturated rings. The predicted octanol–water partition coefficient (Wildman–Crippen LogP) is 3.42. The molecule has 2 N–H and O–H groups in total. The van der Waals surface area contributed by atoms with Crippen LogP contribution in [0, 0.1) is 17.8 Å². The molecule has 1 saturated carbocycles. The first-order valence-electron chi connectivity index (χ1n) is 9.53. The van der Waals surface area contributed by atoms with Crippen LogP contribution in [0.15, 0.2) is 30.0 Å². The number of nitrogens with one attached hydrogen (secondary N) is 1. The fourth-order valence-corrected chi connectivity index (χ4v) is 5.73. The molecule has 27 heavy (non-hydrogen) atoms. The lowest BCUT2D eigenvalue weighted by Gasteiger charge is -2.46. The molecule has 0 saturated heterocycles. The van der Waals surface area contributed by atoms with Crippen LogP contribution < -0.4 is 0 Å². The third kappa shape index (κ3) is 2.38. The zero-order valence-electron chi connectivity index (χ0n) is 15.4. The van der Waals surface area contributed by atoms with Crippen molar-refractivity contribution in [2.75, 3.05) is 13.7 Å². The Hall–Kier alpha value is -1.98. The molecule has 5 rings (SSSR count). The lowest BCUT2D eigenvalue weighted by molar-refractivity contribution is -0.137. The highest BCUT2D eigenvalue weighted by molar-refractivity contribution is 6.31. The molecule has 2 aliphatic heterocycles. The first kappa shape index (κ1) is 17.1. The maximum absolute atomic E-state index is 12.4. The summed E-state index contributed by atoms with van der Waals surface area (Å²) in [4.78, 5) is 18.3. The van der Waals surface area contributed by atoms with Crippen molar-refractivity contribution in [3.8, 4) is 0 Å². The topological polar surface area (TPSA) is 65.6 Å². The van der Waals surface area contributed by atoms with Crippen molar-refractivity contribution < 1.29 is 14.6 Å². The summed E-state index contributed by atoms with van der Waals surface area (Å²) < 4.78 is 5.04. The van der Waals surface area contributed by atoms with Gasteiger partial charge in [-0.1, -0.05) is 18.5 Å². The molecule has 5 nitrogen and oxygen atoms in total. The molecule has 1 aromatic heterocycles. The minimum absolute atomic E-state index is 0.0182. The number of methoxy groups -OCH3 is 1. The average molecular weight is 387 g/mol. The Bertz CT molecular complexity index is 966. The maximum atomic E-state index is 12.4. The molecule has 2 aromatic rings. The number of nitrogens with zero attached hydrogens (tertiary/aromatic N) is 1. The van der Waals surface area contributed by atoms with Crippen molar-refractivity contribution >= 4 is 28.5 Å². The van der Waals surface area contributed by atoms with Gasteiger partial charge in [0.25, 0.3) is 0 Å². The molecule has 1 aliphatic carbocycles. The Balaban J connectivity index is 1.68. The standard InChI is InChI=1S/C21H23ClN2O3/c1-10-17(25)8-14-15(21(26)27-2)9-24-6-5-12-13-7-11(22)3-4-16(13)23-19(12)20(24)18(10)14/h3-4,7,9-10,14,17-18,20,23,25H,5-6,8H2,1-2H3/t10-,14?,17-,18+,20-/m0/s1. The van der Waals surface area contributed by atoms with Crippen LogP contribution in [0.3, 0.4) is 0 Å². The molecule has 0 amide bonds. The van der Waals surface area contributed by atoms with Gasteiger partial charge in [0.2, 0.25) is 0 Å². The molecule has 3 heterocycles. The largest absolute Gasteiger partial charge is 0.466 e. The van der Waals surface area contributed by atoms with Crippen LogP contribution in [0.2, 0.25) is 5.02 Å². The maximum Gasteiger partial charge on any atom is 0.335 e. The number of halogens is 1. The molecule has 6 heteroatoms. The number of fused-ring (bicyclic) bond motifs is 7. The van der Waals surface area contributed by atoms with E-state index in [1.54, 1.807) is 0 Å². The summed E-state index contributed by atoms with van der Waals surface area (Å²) in [5.41, 5.74) is 4.31. The molecule has 3 aliphatic rings. The second-order valence-electron chi connectivity index (χ2n) is 8.06. The molecule has 0 radical (unpaired) electrons. The fraction of sp³-hybridized carbons (Fsp3) is 0.476. The summed E-state index contributed by atoms with van der Waals surface area (Å²) in [6.45, 7) is 2.94. The molecular formula is C21H23ClN2O3. The van der Waals surface area contributed by atoms with Gasteiger partial charge >= 0.3 is 5.97 Å². The number of aromatic amines is 1. The van der Waals surface area contributed by atoms with Gasteiger partial charge in [-0.15, -0.1) is 0 Å². The number of ether oxygens (including phenoxy) is 1. The van der Waals surface area contributed by atoms with E-state index in [-0.39, 0.29) is 29.8 Å². The van der Waals surface area contributed by atoms with Crippen LogP contribution in [0.1, 0.15) is 30.6 Å². The number of benzene rings is 1. The molecule has 5 atom stereocenters. The summed E-state index contributed by atoms with van der Waals surface area (Å²) in [7, 11) is 1.43. The highest BCUT2D eigenvalue weighted by atomic mass is 35.5. The lowest BCUT2D eigenvalue weighted by Crippen LogP contribution is -2.44. The quantitative estimate of drug-likeness (QED) is 0.737. The predicted molar refractivity (Wildman–Crippen MR) is 103 cm³/mol. The second-order valence-corrected chi connectivity index (χ2v) is 8.50. The van der Waals surface area contributed by atoms with Crippen molar-refractivity contribution in [3.63, 3.8) is 0 Å². The smallest absolute Gasteiger partial charge is 0.335 e. The first-order valence-corrected chi connectivity index (χ1v) is 9.91. The number of aliphatic hydroxyl groups is 1. The normalized spacial score (nSPS) is 31.9. The van der Waals surface area contributed by atoms with Crippen LogP contribution in [0.25, 0.3) is 10.9 Å². The highest BCUT2D eigenvalue weighted by Gasteiger charge is 2.53. The van der Waals surface area contributed by atoms with E-state index in [0.717, 1.165) is 23.5 Å². The van der Waals surface area contributed by atoms with Crippen molar-refractivity contribution in [2.45, 2.75) is 31.9 Å². The monoisotopic (exact) mass is 386 g/mol. The van der Waals surface area contributed by atoms with Gasteiger partial charge in [-0.2, -0.15) is 0 Å². The first-order chi connectivity index (χ1) is 13.0. The van der Waals surface area contributed by atoms with Gasteiger partial charge in [0, 0.05) is 40.3 Å². The van der Waals surface area contributed by atoms with E-state index < -0.39 is 6.10 Å². The molecule has 1 unspecified atom stereocenters. The SMILES string of the molecule is COC(=O)C1=CN2CCc3c([nH]c4ccc(Cl)cc34)[C@@H]2[C@H]2C1C[C@H](O)[C@@H]2C. The number of rotatable bonds is 1. The molecule has 142 valence electrons. The number of aliphatic hydroxyl groups excluding tert-OH is 1. The number of carbonyl (C=O) groups excluding carboxylic acids is 1. The number of aromatic nitrogens is 1. The van der Waals surface area contributed by atoms with Crippen molar-refractivity contribution in [1.29, 1.82) is 0 Å². The number of esters is 1. The Morgan fingerprint density at radius 2 is 2.22 bits per heavy atom. The minimum atomic E-state index is -0.405. The fourth-order valence-electron chi connectivity index (χ4n) is 5.56. The summed E-state index contributed by atoms with van der Waals surface area (Å²) in [6, 6.07) is 6.10. The summed E-state index contributed by atoms with van der Waals surface area (Å²) in [5, 5.41) is 12.5. The van der Waals surface area contributed by atoms with Crippen LogP contribution in [0.4, 0.5) is 0 Å². The number of H-pyrrole nitrogens is 1. The second kappa shape index (κ2) is 6.01. The van der Waals surface area contributed by atoms with E-state index in [4.69, 9.17) is 16.3 Å². The van der Waals surface area contributed by atoms with Crippen molar-refractivity contribution in [3.05, 3.63) is 46.3 Å². The van der Waals surface area contributed by atoms with Crippen LogP contribution in [0.5, 0.6) is 0 Å². The highest BCUT2D eigenvalue weighted by Crippen LogP contribution is 2.54. The van der Waals surface area contributed by atoms with Crippen LogP contribution in [-0.2, 0) is 16.0 Å². The van der Waals surface area contributed by atoms with Crippen molar-refractivity contribution in [1.82, 2.24) is 9.88 Å². The van der Waals surface area contributed by atoms with E-state index >= 15 is 0 Å². The number of hydrogen-bond acceptors (Lipinski definition) is 4. The number of hydrogen-bond donors (Lipinski definition) is 2. The molecule has 0 spiro atoms. The van der Waals surface area contributed by atoms with Crippen molar-refractivity contribution in [2.24, 2.45) is 17.8 Å². The van der Waals surface area contributed by atoms with E-state index in [1.807, 2.05) is 24.4 Å². The lowest BCUT2D eigenvalue weighted by atomic mass is 9.74. The summed E-state index contributed by atoms with van der Waals surface area (Å²) in [6.07, 6.45) is 3.07. The van der Waals surface area contributed by atoms with Gasteiger partial charge in [-0.3, -0.25) is 0 Å². The third-order valence-corrected chi connectivity index (χ3v) is 7.07.